The number of amides is 1. The zero-order chi connectivity index (χ0) is 15.1. The molecule has 0 aliphatic rings. The highest BCUT2D eigenvalue weighted by Crippen LogP contribution is 2.17. The molecule has 1 unspecified atom stereocenters. The van der Waals surface area contributed by atoms with Gasteiger partial charge in [0, 0.05) is 13.0 Å². The summed E-state index contributed by atoms with van der Waals surface area (Å²) in [5, 5.41) is 2.85. The smallest absolute Gasteiger partial charge is 0.219 e. The summed E-state index contributed by atoms with van der Waals surface area (Å²) >= 11 is 0. The molecular weight excluding hydrogens is 246 g/mol. The Hall–Kier alpha value is -0.530. The number of rotatable bonds is 14. The third-order valence-electron chi connectivity index (χ3n) is 4.03. The van der Waals surface area contributed by atoms with Gasteiger partial charge < -0.3 is 5.32 Å². The minimum absolute atomic E-state index is 0.216. The molecule has 2 nitrogen and oxygen atoms in total. The Balaban J connectivity index is 3.15. The van der Waals surface area contributed by atoms with E-state index in [0.717, 1.165) is 18.9 Å². The first-order chi connectivity index (χ1) is 9.70. The molecule has 2 heteroatoms. The molecule has 0 saturated carbocycles. The molecule has 0 bridgehead atoms. The largest absolute Gasteiger partial charge is 0.356 e. The highest BCUT2D eigenvalue weighted by atomic mass is 16.1. The van der Waals surface area contributed by atoms with Gasteiger partial charge in [-0.1, -0.05) is 78.1 Å². The Kier molecular flexibility index (Phi) is 14.5. The van der Waals surface area contributed by atoms with Gasteiger partial charge in [0.2, 0.25) is 5.91 Å². The van der Waals surface area contributed by atoms with Gasteiger partial charge in [-0.2, -0.15) is 0 Å². The van der Waals surface area contributed by atoms with Crippen molar-refractivity contribution in [1.29, 1.82) is 0 Å². The quantitative estimate of drug-likeness (QED) is 0.421. The first kappa shape index (κ1) is 19.5. The van der Waals surface area contributed by atoms with Crippen molar-refractivity contribution in [2.45, 2.75) is 97.8 Å². The van der Waals surface area contributed by atoms with Gasteiger partial charge in [-0.3, -0.25) is 4.79 Å². The predicted molar refractivity (Wildman–Crippen MR) is 88.9 cm³/mol. The molecule has 1 amide bonds. The van der Waals surface area contributed by atoms with Crippen LogP contribution in [0.1, 0.15) is 97.8 Å². The monoisotopic (exact) mass is 283 g/mol. The van der Waals surface area contributed by atoms with Crippen LogP contribution in [-0.4, -0.2) is 12.5 Å². The van der Waals surface area contributed by atoms with Crippen LogP contribution in [0.4, 0.5) is 0 Å². The fraction of sp³-hybridized carbons (Fsp3) is 0.944. The third-order valence-corrected chi connectivity index (χ3v) is 4.03. The van der Waals surface area contributed by atoms with Gasteiger partial charge in [0.15, 0.2) is 0 Å². The van der Waals surface area contributed by atoms with Crippen molar-refractivity contribution >= 4 is 5.91 Å². The lowest BCUT2D eigenvalue weighted by molar-refractivity contribution is -0.121. The van der Waals surface area contributed by atoms with Crippen LogP contribution in [0.15, 0.2) is 0 Å². The first-order valence-electron chi connectivity index (χ1n) is 8.97. The maximum Gasteiger partial charge on any atom is 0.219 e. The highest BCUT2D eigenvalue weighted by molar-refractivity contribution is 5.75. The van der Waals surface area contributed by atoms with Gasteiger partial charge in [-0.15, -0.1) is 0 Å². The Morgan fingerprint density at radius 3 is 2.00 bits per heavy atom. The number of unbranched alkanes of at least 4 members (excludes halogenated alkanes) is 7. The summed E-state index contributed by atoms with van der Waals surface area (Å²) in [5.74, 6) is 1.14. The fourth-order valence-electron chi connectivity index (χ4n) is 2.64. The standard InChI is InChI=1S/C18H37NO/c1-4-6-14-17(3)15-12-10-8-7-9-11-13-16-18(20)19-5-2/h17H,4-16H2,1-3H3,(H,19,20). The maximum absolute atomic E-state index is 11.2. The molecule has 1 N–H and O–H groups in total. The van der Waals surface area contributed by atoms with Crippen molar-refractivity contribution in [3.63, 3.8) is 0 Å². The molecular formula is C18H37NO. The molecule has 0 aromatic rings. The minimum Gasteiger partial charge on any atom is -0.356 e. The zero-order valence-corrected chi connectivity index (χ0v) is 14.2. The Morgan fingerprint density at radius 1 is 0.850 bits per heavy atom. The van der Waals surface area contributed by atoms with E-state index in [0.29, 0.717) is 6.42 Å². The molecule has 0 fully saturated rings. The number of hydrogen-bond donors (Lipinski definition) is 1. The molecule has 0 spiro atoms. The van der Waals surface area contributed by atoms with Crippen molar-refractivity contribution in [3.05, 3.63) is 0 Å². The lowest BCUT2D eigenvalue weighted by Crippen LogP contribution is -2.21. The second-order valence-electron chi connectivity index (χ2n) is 6.21. The summed E-state index contributed by atoms with van der Waals surface area (Å²) in [7, 11) is 0. The van der Waals surface area contributed by atoms with Crippen molar-refractivity contribution in [1.82, 2.24) is 5.32 Å². The average Bonchev–Trinajstić information content (AvgIpc) is 2.43. The molecule has 0 aliphatic carbocycles. The third kappa shape index (κ3) is 13.9. The lowest BCUT2D eigenvalue weighted by atomic mass is 9.97. The predicted octanol–water partition coefficient (Wildman–Crippen LogP) is 5.46. The van der Waals surface area contributed by atoms with E-state index in [1.165, 1.54) is 64.2 Å². The molecule has 0 aromatic heterocycles. The van der Waals surface area contributed by atoms with E-state index in [1.54, 1.807) is 0 Å². The molecule has 120 valence electrons. The van der Waals surface area contributed by atoms with E-state index in [1.807, 2.05) is 6.92 Å². The Morgan fingerprint density at radius 2 is 1.40 bits per heavy atom. The van der Waals surface area contributed by atoms with E-state index in [4.69, 9.17) is 0 Å². The van der Waals surface area contributed by atoms with Gasteiger partial charge in [0.05, 0.1) is 0 Å². The van der Waals surface area contributed by atoms with E-state index in [2.05, 4.69) is 19.2 Å². The number of carbonyl (C=O) groups excluding carboxylic acids is 1. The van der Waals surface area contributed by atoms with E-state index < -0.39 is 0 Å². The van der Waals surface area contributed by atoms with Crippen molar-refractivity contribution in [2.75, 3.05) is 6.54 Å². The summed E-state index contributed by atoms with van der Waals surface area (Å²) < 4.78 is 0. The molecule has 20 heavy (non-hydrogen) atoms. The van der Waals surface area contributed by atoms with E-state index in [-0.39, 0.29) is 5.91 Å². The van der Waals surface area contributed by atoms with Crippen molar-refractivity contribution in [3.8, 4) is 0 Å². The summed E-state index contributed by atoms with van der Waals surface area (Å²) in [5.41, 5.74) is 0. The average molecular weight is 284 g/mol. The van der Waals surface area contributed by atoms with Gasteiger partial charge in [-0.25, -0.2) is 0 Å². The fourth-order valence-corrected chi connectivity index (χ4v) is 2.64. The second-order valence-corrected chi connectivity index (χ2v) is 6.21. The second kappa shape index (κ2) is 14.9. The highest BCUT2D eigenvalue weighted by Gasteiger charge is 2.01. The normalized spacial score (nSPS) is 12.3. The Bertz CT molecular complexity index is 215. The number of nitrogens with one attached hydrogen (secondary N) is 1. The van der Waals surface area contributed by atoms with Gasteiger partial charge >= 0.3 is 0 Å². The van der Waals surface area contributed by atoms with E-state index in [9.17, 15) is 4.79 Å². The van der Waals surface area contributed by atoms with Crippen LogP contribution in [0.5, 0.6) is 0 Å². The van der Waals surface area contributed by atoms with Crippen molar-refractivity contribution in [2.24, 2.45) is 5.92 Å². The van der Waals surface area contributed by atoms with Crippen LogP contribution in [-0.2, 0) is 4.79 Å². The van der Waals surface area contributed by atoms with Gasteiger partial charge in [0.25, 0.3) is 0 Å². The van der Waals surface area contributed by atoms with Crippen LogP contribution in [0, 0.1) is 5.92 Å². The first-order valence-corrected chi connectivity index (χ1v) is 8.97. The number of hydrogen-bond acceptors (Lipinski definition) is 1. The molecule has 0 rings (SSSR count). The molecule has 0 radical (unpaired) electrons. The van der Waals surface area contributed by atoms with Crippen molar-refractivity contribution < 1.29 is 4.79 Å². The maximum atomic E-state index is 11.2. The van der Waals surface area contributed by atoms with Crippen LogP contribution < -0.4 is 5.32 Å². The van der Waals surface area contributed by atoms with Crippen LogP contribution in [0.2, 0.25) is 0 Å². The Labute approximate surface area is 127 Å². The molecule has 0 aliphatic heterocycles. The van der Waals surface area contributed by atoms with E-state index >= 15 is 0 Å². The zero-order valence-electron chi connectivity index (χ0n) is 14.2. The topological polar surface area (TPSA) is 29.1 Å². The molecule has 0 heterocycles. The summed E-state index contributed by atoms with van der Waals surface area (Å²) in [4.78, 5) is 11.2. The van der Waals surface area contributed by atoms with Crippen LogP contribution >= 0.6 is 0 Å². The lowest BCUT2D eigenvalue weighted by Gasteiger charge is -2.10. The molecule has 0 saturated heterocycles. The van der Waals surface area contributed by atoms with Gasteiger partial charge in [0.1, 0.15) is 0 Å². The number of carbonyl (C=O) groups is 1. The van der Waals surface area contributed by atoms with Crippen LogP contribution in [0.25, 0.3) is 0 Å². The summed E-state index contributed by atoms with van der Waals surface area (Å²) in [6, 6.07) is 0. The molecule has 1 atom stereocenters. The molecule has 0 aromatic carbocycles. The van der Waals surface area contributed by atoms with Gasteiger partial charge in [-0.05, 0) is 19.3 Å². The summed E-state index contributed by atoms with van der Waals surface area (Å²) in [6.07, 6.45) is 15.4. The SMILES string of the molecule is CCCCC(C)CCCCCCCCCC(=O)NCC. The minimum atomic E-state index is 0.216. The van der Waals surface area contributed by atoms with Crippen LogP contribution in [0.3, 0.4) is 0 Å². The summed E-state index contributed by atoms with van der Waals surface area (Å²) in [6.45, 7) is 7.41.